The van der Waals surface area contributed by atoms with Crippen molar-refractivity contribution in [2.75, 3.05) is 17.1 Å². The second-order valence-electron chi connectivity index (χ2n) is 9.31. The maximum absolute atomic E-state index is 13.8. The summed E-state index contributed by atoms with van der Waals surface area (Å²) in [5.41, 5.74) is 1.90. The smallest absolute Gasteiger partial charge is 0.343 e. The Morgan fingerprint density at radius 3 is 2.15 bits per heavy atom. The van der Waals surface area contributed by atoms with Crippen molar-refractivity contribution in [3.63, 3.8) is 0 Å². The average molecular weight is 539 g/mol. The summed E-state index contributed by atoms with van der Waals surface area (Å²) in [6.45, 7) is 0. The van der Waals surface area contributed by atoms with Gasteiger partial charge in [0.2, 0.25) is 5.91 Å². The molecule has 200 valence electrons. The number of esters is 1. The SMILES string of the molecule is COc1cc([C@H]2[C@H]3C(=O)N(c4ccc(F)cc4)C(=O)[C@@H]3ON2c2ccccc2)ccc1OC(=O)c1ccccc1. The zero-order chi connectivity index (χ0) is 27.8. The van der Waals surface area contributed by atoms with Crippen LogP contribution in [0.3, 0.4) is 0 Å². The Labute approximate surface area is 229 Å². The van der Waals surface area contributed by atoms with Crippen LogP contribution in [-0.2, 0) is 14.4 Å². The lowest BCUT2D eigenvalue weighted by atomic mass is 9.90. The van der Waals surface area contributed by atoms with Crippen molar-refractivity contribution in [1.29, 1.82) is 0 Å². The lowest BCUT2D eigenvalue weighted by Crippen LogP contribution is -2.37. The molecular formula is C31H23FN2O6. The molecule has 2 heterocycles. The second kappa shape index (κ2) is 10.3. The number of benzene rings is 4. The number of hydrogen-bond acceptors (Lipinski definition) is 7. The van der Waals surface area contributed by atoms with Crippen LogP contribution in [-0.4, -0.2) is 31.0 Å². The van der Waals surface area contributed by atoms with Crippen LogP contribution in [0.2, 0.25) is 0 Å². The number of hydroxylamine groups is 1. The van der Waals surface area contributed by atoms with Gasteiger partial charge in [0.1, 0.15) is 11.7 Å². The van der Waals surface area contributed by atoms with Gasteiger partial charge in [-0.2, -0.15) is 0 Å². The van der Waals surface area contributed by atoms with E-state index in [9.17, 15) is 18.8 Å². The highest BCUT2D eigenvalue weighted by molar-refractivity contribution is 6.23. The summed E-state index contributed by atoms with van der Waals surface area (Å²) in [7, 11) is 1.45. The Balaban J connectivity index is 1.38. The number of anilines is 2. The molecule has 0 radical (unpaired) electrons. The van der Waals surface area contributed by atoms with Crippen molar-refractivity contribution < 1.29 is 33.1 Å². The molecule has 2 aliphatic rings. The minimum atomic E-state index is -1.09. The summed E-state index contributed by atoms with van der Waals surface area (Å²) in [6.07, 6.45) is -1.09. The fourth-order valence-corrected chi connectivity index (χ4v) is 5.08. The summed E-state index contributed by atoms with van der Waals surface area (Å²) in [5.74, 6) is -2.47. The van der Waals surface area contributed by atoms with Gasteiger partial charge in [-0.15, -0.1) is 0 Å². The number of carbonyl (C=O) groups is 3. The number of ether oxygens (including phenoxy) is 2. The topological polar surface area (TPSA) is 85.4 Å². The molecule has 8 nitrogen and oxygen atoms in total. The molecule has 0 N–H and O–H groups in total. The maximum atomic E-state index is 13.8. The first-order chi connectivity index (χ1) is 19.5. The number of rotatable bonds is 6. The van der Waals surface area contributed by atoms with Crippen molar-refractivity contribution in [3.8, 4) is 11.5 Å². The monoisotopic (exact) mass is 538 g/mol. The molecule has 3 atom stereocenters. The van der Waals surface area contributed by atoms with Gasteiger partial charge in [0.05, 0.1) is 30.1 Å². The van der Waals surface area contributed by atoms with E-state index in [2.05, 4.69) is 0 Å². The third-order valence-corrected chi connectivity index (χ3v) is 6.95. The molecule has 2 aliphatic heterocycles. The van der Waals surface area contributed by atoms with E-state index in [0.717, 1.165) is 4.90 Å². The van der Waals surface area contributed by atoms with Crippen LogP contribution in [0.4, 0.5) is 15.8 Å². The van der Waals surface area contributed by atoms with Crippen LogP contribution in [0.5, 0.6) is 11.5 Å². The van der Waals surface area contributed by atoms with Gasteiger partial charge in [-0.25, -0.2) is 19.1 Å². The van der Waals surface area contributed by atoms with E-state index >= 15 is 0 Å². The Kier molecular flexibility index (Phi) is 6.49. The summed E-state index contributed by atoms with van der Waals surface area (Å²) in [5, 5.41) is 1.55. The molecule has 0 bridgehead atoms. The molecular weight excluding hydrogens is 515 g/mol. The van der Waals surface area contributed by atoms with Crippen LogP contribution in [0.25, 0.3) is 0 Å². The van der Waals surface area contributed by atoms with Gasteiger partial charge >= 0.3 is 5.97 Å². The molecule has 0 unspecified atom stereocenters. The van der Waals surface area contributed by atoms with Gasteiger partial charge in [-0.05, 0) is 66.2 Å². The molecule has 4 aromatic carbocycles. The van der Waals surface area contributed by atoms with E-state index in [-0.39, 0.29) is 17.2 Å². The molecule has 0 saturated carbocycles. The number of amides is 2. The van der Waals surface area contributed by atoms with Crippen LogP contribution < -0.4 is 19.4 Å². The van der Waals surface area contributed by atoms with Crippen molar-refractivity contribution >= 4 is 29.2 Å². The number of halogens is 1. The van der Waals surface area contributed by atoms with E-state index in [4.69, 9.17) is 14.3 Å². The van der Waals surface area contributed by atoms with Gasteiger partial charge in [0.15, 0.2) is 17.6 Å². The average Bonchev–Trinajstić information content (AvgIpc) is 3.50. The minimum absolute atomic E-state index is 0.198. The minimum Gasteiger partial charge on any atom is -0.493 e. The van der Waals surface area contributed by atoms with Gasteiger partial charge in [-0.3, -0.25) is 14.4 Å². The number of carbonyl (C=O) groups excluding carboxylic acids is 3. The first kappa shape index (κ1) is 25.3. The first-order valence-corrected chi connectivity index (χ1v) is 12.6. The standard InChI is InChI=1S/C31H23FN2O6/c1-38-25-18-20(12-17-24(25)39-31(37)19-8-4-2-5-9-19)27-26-28(40-34(27)23-10-6-3-7-11-23)30(36)33(29(26)35)22-15-13-21(32)14-16-22/h2-18,26-28H,1H3/t26-,27+,28-/m1/s1. The van der Waals surface area contributed by atoms with Crippen LogP contribution in [0.15, 0.2) is 103 Å². The molecule has 4 aromatic rings. The number of nitrogens with zero attached hydrogens (tertiary/aromatic N) is 2. The molecule has 2 fully saturated rings. The number of imide groups is 1. The highest BCUT2D eigenvalue weighted by Gasteiger charge is 2.60. The van der Waals surface area contributed by atoms with Crippen molar-refractivity contribution in [2.24, 2.45) is 5.92 Å². The largest absolute Gasteiger partial charge is 0.493 e. The third kappa shape index (κ3) is 4.36. The lowest BCUT2D eigenvalue weighted by Gasteiger charge is -2.29. The summed E-state index contributed by atoms with van der Waals surface area (Å²) >= 11 is 0. The predicted octanol–water partition coefficient (Wildman–Crippen LogP) is 5.10. The van der Waals surface area contributed by atoms with E-state index < -0.39 is 41.7 Å². The van der Waals surface area contributed by atoms with Crippen LogP contribution in [0, 0.1) is 11.7 Å². The Hall–Kier alpha value is -5.02. The van der Waals surface area contributed by atoms with Gasteiger partial charge in [-0.1, -0.05) is 42.5 Å². The molecule has 2 saturated heterocycles. The highest BCUT2D eigenvalue weighted by atomic mass is 19.1. The number of hydrogen-bond donors (Lipinski definition) is 0. The van der Waals surface area contributed by atoms with Crippen molar-refractivity contribution in [1.82, 2.24) is 0 Å². The Morgan fingerprint density at radius 1 is 0.800 bits per heavy atom. The number of fused-ring (bicyclic) bond motifs is 1. The highest BCUT2D eigenvalue weighted by Crippen LogP contribution is 2.48. The Morgan fingerprint density at radius 2 is 1.48 bits per heavy atom. The molecule has 0 spiro atoms. The first-order valence-electron chi connectivity index (χ1n) is 12.6. The maximum Gasteiger partial charge on any atom is 0.343 e. The van der Waals surface area contributed by atoms with Crippen molar-refractivity contribution in [3.05, 3.63) is 120 Å². The number of methoxy groups -OCH3 is 1. The van der Waals surface area contributed by atoms with Crippen molar-refractivity contribution in [2.45, 2.75) is 12.1 Å². The second-order valence-corrected chi connectivity index (χ2v) is 9.31. The summed E-state index contributed by atoms with van der Waals surface area (Å²) in [6, 6.07) is 27.1. The van der Waals surface area contributed by atoms with E-state index in [1.807, 2.05) is 30.3 Å². The zero-order valence-corrected chi connectivity index (χ0v) is 21.3. The molecule has 2 amide bonds. The summed E-state index contributed by atoms with van der Waals surface area (Å²) in [4.78, 5) is 47.1. The van der Waals surface area contributed by atoms with E-state index in [1.54, 1.807) is 53.6 Å². The third-order valence-electron chi connectivity index (χ3n) is 6.95. The summed E-state index contributed by atoms with van der Waals surface area (Å²) < 4.78 is 24.7. The van der Waals surface area contributed by atoms with Gasteiger partial charge in [0.25, 0.3) is 5.91 Å². The molecule has 9 heteroatoms. The molecule has 40 heavy (non-hydrogen) atoms. The van der Waals surface area contributed by atoms with Crippen LogP contribution in [0.1, 0.15) is 22.0 Å². The predicted molar refractivity (Wildman–Crippen MR) is 143 cm³/mol. The van der Waals surface area contributed by atoms with E-state index in [1.165, 1.54) is 31.4 Å². The Bertz CT molecular complexity index is 1580. The lowest BCUT2D eigenvalue weighted by molar-refractivity contribution is -0.126. The fourth-order valence-electron chi connectivity index (χ4n) is 5.08. The number of para-hydroxylation sites is 1. The quantitative estimate of drug-likeness (QED) is 0.192. The molecule has 6 rings (SSSR count). The normalized spacial score (nSPS) is 20.0. The van der Waals surface area contributed by atoms with E-state index in [0.29, 0.717) is 16.8 Å². The molecule has 0 aliphatic carbocycles. The zero-order valence-electron chi connectivity index (χ0n) is 21.3. The van der Waals surface area contributed by atoms with Gasteiger partial charge in [0, 0.05) is 0 Å². The fraction of sp³-hybridized carbons (Fsp3) is 0.129. The van der Waals surface area contributed by atoms with Gasteiger partial charge < -0.3 is 9.47 Å². The molecule has 0 aromatic heterocycles. The van der Waals surface area contributed by atoms with Crippen LogP contribution >= 0.6 is 0 Å².